The Labute approximate surface area is 261 Å². The molecule has 0 amide bonds. The van der Waals surface area contributed by atoms with Crippen LogP contribution in [0.2, 0.25) is 0 Å². The van der Waals surface area contributed by atoms with Crippen molar-refractivity contribution in [2.45, 2.75) is 15.2 Å². The molecule has 44 heavy (non-hydrogen) atoms. The van der Waals surface area contributed by atoms with Crippen LogP contribution in [0, 0.1) is 0 Å². The van der Waals surface area contributed by atoms with Crippen molar-refractivity contribution >= 4 is 29.0 Å². The number of nitrogens with zero attached hydrogens (tertiary/aromatic N) is 1. The lowest BCUT2D eigenvalue weighted by Crippen LogP contribution is -2.40. The Bertz CT molecular complexity index is 2100. The molecule has 1 aliphatic carbocycles. The normalized spacial score (nSPS) is 15.3. The molecule has 6 aromatic carbocycles. The van der Waals surface area contributed by atoms with Gasteiger partial charge in [0.05, 0.1) is 16.8 Å². The van der Waals surface area contributed by atoms with E-state index in [9.17, 15) is 0 Å². The van der Waals surface area contributed by atoms with Crippen molar-refractivity contribution < 1.29 is 0 Å². The summed E-state index contributed by atoms with van der Waals surface area (Å²) in [6.07, 6.45) is 0. The monoisotopic (exact) mass is 581 g/mol. The van der Waals surface area contributed by atoms with Gasteiger partial charge in [0.2, 0.25) is 0 Å². The van der Waals surface area contributed by atoms with E-state index >= 15 is 0 Å². The van der Waals surface area contributed by atoms with Crippen LogP contribution in [0.15, 0.2) is 166 Å². The molecule has 9 rings (SSSR count). The molecule has 1 spiro atoms. The lowest BCUT2D eigenvalue weighted by Gasteiger charge is -2.39. The van der Waals surface area contributed by atoms with E-state index in [2.05, 4.69) is 138 Å². The fourth-order valence-electron chi connectivity index (χ4n) is 7.14. The topological polar surface area (TPSA) is 36.4 Å². The van der Waals surface area contributed by atoms with Gasteiger partial charge in [-0.25, -0.2) is 4.99 Å². The number of rotatable bonds is 3. The number of amidine groups is 1. The predicted octanol–water partition coefficient (Wildman–Crippen LogP) is 8.89. The average molecular weight is 582 g/mol. The minimum atomic E-state index is -0.385. The number of aliphatic imine (C=N–C) groups is 1. The number of fused-ring (bicyclic) bond motifs is 9. The van der Waals surface area contributed by atoms with E-state index in [1.54, 1.807) is 0 Å². The van der Waals surface area contributed by atoms with Crippen molar-refractivity contribution in [3.05, 3.63) is 191 Å². The van der Waals surface area contributed by atoms with Crippen LogP contribution in [-0.4, -0.2) is 5.84 Å². The zero-order chi connectivity index (χ0) is 29.1. The summed E-state index contributed by atoms with van der Waals surface area (Å²) in [6, 6.07) is 54.5. The molecule has 3 nitrogen and oxygen atoms in total. The molecule has 0 saturated carbocycles. The van der Waals surface area contributed by atoms with Gasteiger partial charge in [-0.15, -0.1) is 0 Å². The highest BCUT2D eigenvalue weighted by Crippen LogP contribution is 2.62. The Balaban J connectivity index is 1.31. The van der Waals surface area contributed by atoms with E-state index in [-0.39, 0.29) is 5.41 Å². The van der Waals surface area contributed by atoms with Gasteiger partial charge < -0.3 is 0 Å². The van der Waals surface area contributed by atoms with Crippen LogP contribution in [0.5, 0.6) is 0 Å². The molecule has 0 aromatic heterocycles. The lowest BCUT2D eigenvalue weighted by atomic mass is 9.67. The molecule has 0 saturated heterocycles. The standard InChI is InChI=1S/C40H27N3S/c1-3-13-26(14-4-1)38-37(41-39(43-42-38)27-15-5-2-6-16-27)28-23-24-32-30(25-28)29-17-7-8-18-31(29)40(32)33-19-9-11-21-35(33)44-36-22-12-10-20-34(36)40/h1-25,42H,(H,41,43). The first-order chi connectivity index (χ1) is 21.8. The van der Waals surface area contributed by atoms with Crippen LogP contribution < -0.4 is 10.9 Å². The third-order valence-electron chi connectivity index (χ3n) is 9.00. The first-order valence-electron chi connectivity index (χ1n) is 14.9. The molecule has 0 atom stereocenters. The summed E-state index contributed by atoms with van der Waals surface area (Å²) in [6.45, 7) is 0. The first-order valence-corrected chi connectivity index (χ1v) is 15.7. The summed E-state index contributed by atoms with van der Waals surface area (Å²) in [5, 5.41) is 0. The molecule has 2 N–H and O–H groups in total. The highest BCUT2D eigenvalue weighted by atomic mass is 32.2. The minimum Gasteiger partial charge on any atom is -0.297 e. The van der Waals surface area contributed by atoms with Gasteiger partial charge >= 0.3 is 0 Å². The molecule has 3 aliphatic rings. The number of hydrazine groups is 1. The van der Waals surface area contributed by atoms with Gasteiger partial charge in [0.25, 0.3) is 0 Å². The maximum atomic E-state index is 5.26. The zero-order valence-corrected chi connectivity index (χ0v) is 24.6. The Morgan fingerprint density at radius 1 is 0.455 bits per heavy atom. The van der Waals surface area contributed by atoms with Gasteiger partial charge in [0.1, 0.15) is 0 Å². The van der Waals surface area contributed by atoms with E-state index in [0.717, 1.165) is 33.9 Å². The van der Waals surface area contributed by atoms with E-state index in [4.69, 9.17) is 4.99 Å². The summed E-state index contributed by atoms with van der Waals surface area (Å²) in [5.41, 5.74) is 19.4. The molecular formula is C40H27N3S. The zero-order valence-electron chi connectivity index (χ0n) is 23.8. The largest absolute Gasteiger partial charge is 0.297 e. The molecule has 6 aromatic rings. The van der Waals surface area contributed by atoms with E-state index in [1.807, 2.05) is 36.0 Å². The molecule has 4 heteroatoms. The maximum absolute atomic E-state index is 5.26. The second-order valence-electron chi connectivity index (χ2n) is 11.3. The fraction of sp³-hybridized carbons (Fsp3) is 0.0250. The van der Waals surface area contributed by atoms with Crippen LogP contribution in [-0.2, 0) is 5.41 Å². The summed E-state index contributed by atoms with van der Waals surface area (Å²) in [7, 11) is 0. The summed E-state index contributed by atoms with van der Waals surface area (Å²) >= 11 is 1.87. The molecule has 208 valence electrons. The van der Waals surface area contributed by atoms with Crippen molar-refractivity contribution in [1.29, 1.82) is 0 Å². The average Bonchev–Trinajstić information content (AvgIpc) is 3.39. The molecule has 2 aliphatic heterocycles. The summed E-state index contributed by atoms with van der Waals surface area (Å²) in [5.74, 6) is 0.796. The van der Waals surface area contributed by atoms with Crippen LogP contribution in [0.1, 0.15) is 38.9 Å². The highest BCUT2D eigenvalue weighted by molar-refractivity contribution is 7.99. The van der Waals surface area contributed by atoms with Crippen LogP contribution >= 0.6 is 11.8 Å². The quantitative estimate of drug-likeness (QED) is 0.219. The van der Waals surface area contributed by atoms with Gasteiger partial charge in [0.15, 0.2) is 5.84 Å². The Kier molecular flexibility index (Phi) is 5.65. The molecular weight excluding hydrogens is 555 g/mol. The van der Waals surface area contributed by atoms with E-state index in [0.29, 0.717) is 0 Å². The summed E-state index contributed by atoms with van der Waals surface area (Å²) < 4.78 is 0. The second-order valence-corrected chi connectivity index (χ2v) is 12.4. The number of hydrogen-bond acceptors (Lipinski definition) is 4. The second kappa shape index (κ2) is 9.87. The number of hydrogen-bond donors (Lipinski definition) is 2. The number of nitrogens with one attached hydrogen (secondary N) is 2. The van der Waals surface area contributed by atoms with Gasteiger partial charge in [-0.05, 0) is 51.6 Å². The molecule has 0 bridgehead atoms. The maximum Gasteiger partial charge on any atom is 0.152 e. The van der Waals surface area contributed by atoms with Gasteiger partial charge in [0, 0.05) is 26.5 Å². The predicted molar refractivity (Wildman–Crippen MR) is 180 cm³/mol. The van der Waals surface area contributed by atoms with Crippen molar-refractivity contribution in [1.82, 2.24) is 10.9 Å². The van der Waals surface area contributed by atoms with Crippen molar-refractivity contribution in [2.24, 2.45) is 4.99 Å². The Morgan fingerprint density at radius 3 is 1.73 bits per heavy atom. The molecule has 2 heterocycles. The highest BCUT2D eigenvalue weighted by Gasteiger charge is 2.50. The minimum absolute atomic E-state index is 0.385. The Morgan fingerprint density at radius 2 is 1.02 bits per heavy atom. The first kappa shape index (κ1) is 25.2. The third kappa shape index (κ3) is 3.61. The third-order valence-corrected chi connectivity index (χ3v) is 10.1. The van der Waals surface area contributed by atoms with E-state index in [1.165, 1.54) is 43.2 Å². The van der Waals surface area contributed by atoms with Crippen molar-refractivity contribution in [3.63, 3.8) is 0 Å². The lowest BCUT2D eigenvalue weighted by molar-refractivity contribution is 0.722. The van der Waals surface area contributed by atoms with Crippen molar-refractivity contribution in [2.75, 3.05) is 0 Å². The number of benzene rings is 6. The fourth-order valence-corrected chi connectivity index (χ4v) is 8.33. The van der Waals surface area contributed by atoms with Crippen LogP contribution in [0.25, 0.3) is 22.5 Å². The Hall–Kier alpha value is -5.32. The van der Waals surface area contributed by atoms with Gasteiger partial charge in [-0.1, -0.05) is 145 Å². The molecule has 0 radical (unpaired) electrons. The van der Waals surface area contributed by atoms with E-state index < -0.39 is 0 Å². The van der Waals surface area contributed by atoms with Gasteiger partial charge in [-0.3, -0.25) is 10.9 Å². The van der Waals surface area contributed by atoms with Crippen LogP contribution in [0.4, 0.5) is 0 Å². The smallest absolute Gasteiger partial charge is 0.152 e. The molecule has 0 unspecified atom stereocenters. The molecule has 0 fully saturated rings. The SMILES string of the molecule is c1ccc(C2=NC(c3ccc4c(c3)-c3ccccc3C43c4ccccc4Sc4ccccc43)=C(c3ccccc3)NN2)cc1. The van der Waals surface area contributed by atoms with Crippen LogP contribution in [0.3, 0.4) is 0 Å². The van der Waals surface area contributed by atoms with Gasteiger partial charge in [-0.2, -0.15) is 0 Å². The van der Waals surface area contributed by atoms with Crippen molar-refractivity contribution in [3.8, 4) is 11.1 Å². The summed E-state index contributed by atoms with van der Waals surface area (Å²) in [4.78, 5) is 7.88.